The lowest BCUT2D eigenvalue weighted by Crippen LogP contribution is -2.58. The summed E-state index contributed by atoms with van der Waals surface area (Å²) in [6.07, 6.45) is 0. The fraction of sp³-hybridized carbons (Fsp3) is 0.462. The Morgan fingerprint density at radius 1 is 1.50 bits per heavy atom. The number of carbonyl (C=O) groups is 1. The Kier molecular flexibility index (Phi) is 4.37. The molecule has 0 aromatic heterocycles. The molecule has 1 fully saturated rings. The van der Waals surface area contributed by atoms with Gasteiger partial charge in [-0.1, -0.05) is 28.1 Å². The van der Waals surface area contributed by atoms with Crippen LogP contribution in [0.15, 0.2) is 28.7 Å². The summed E-state index contributed by atoms with van der Waals surface area (Å²) in [5, 5.41) is 2.99. The lowest BCUT2D eigenvalue weighted by Gasteiger charge is -2.36. The van der Waals surface area contributed by atoms with Gasteiger partial charge >= 0.3 is 0 Å². The monoisotopic (exact) mass is 311 g/mol. The first-order valence-corrected chi connectivity index (χ1v) is 6.86. The Morgan fingerprint density at radius 3 is 2.67 bits per heavy atom. The number of nitrogens with one attached hydrogen (secondary N) is 1. The normalized spacial score (nSPS) is 18.2. The molecule has 4 nitrogen and oxygen atoms in total. The van der Waals surface area contributed by atoms with Crippen LogP contribution in [0, 0.1) is 0 Å². The third-order valence-corrected chi connectivity index (χ3v) is 3.63. The average Bonchev–Trinajstić information content (AvgIpc) is 2.27. The lowest BCUT2D eigenvalue weighted by molar-refractivity contribution is -0.123. The van der Waals surface area contributed by atoms with Crippen molar-refractivity contribution in [1.29, 1.82) is 0 Å². The summed E-state index contributed by atoms with van der Waals surface area (Å²) < 4.78 is 1.04. The molecule has 0 bridgehead atoms. The topological polar surface area (TPSA) is 58.4 Å². The number of amides is 1. The van der Waals surface area contributed by atoms with Crippen molar-refractivity contribution in [3.8, 4) is 0 Å². The van der Waals surface area contributed by atoms with Gasteiger partial charge in [0.15, 0.2) is 0 Å². The Hall–Kier alpha value is -0.910. The molecule has 0 aliphatic carbocycles. The van der Waals surface area contributed by atoms with Gasteiger partial charge in [0.2, 0.25) is 5.91 Å². The first kappa shape index (κ1) is 13.5. The summed E-state index contributed by atoms with van der Waals surface area (Å²) in [4.78, 5) is 13.9. The summed E-state index contributed by atoms with van der Waals surface area (Å²) in [5.74, 6) is 0.0531. The SMILES string of the molecule is CC(NC(=O)CN1CC(N)C1)c1ccc(Br)cc1. The molecule has 1 aliphatic heterocycles. The van der Waals surface area contributed by atoms with Crippen LogP contribution < -0.4 is 11.1 Å². The standard InChI is InChI=1S/C13H18BrN3O/c1-9(10-2-4-11(14)5-3-10)16-13(18)8-17-6-12(15)7-17/h2-5,9,12H,6-8,15H2,1H3,(H,16,18). The Labute approximate surface area is 116 Å². The van der Waals surface area contributed by atoms with Crippen molar-refractivity contribution >= 4 is 21.8 Å². The minimum Gasteiger partial charge on any atom is -0.348 e. The molecule has 1 amide bonds. The fourth-order valence-corrected chi connectivity index (χ4v) is 2.33. The van der Waals surface area contributed by atoms with Crippen LogP contribution in [0.5, 0.6) is 0 Å². The van der Waals surface area contributed by atoms with Gasteiger partial charge in [-0.25, -0.2) is 0 Å². The van der Waals surface area contributed by atoms with E-state index in [4.69, 9.17) is 5.73 Å². The smallest absolute Gasteiger partial charge is 0.234 e. The van der Waals surface area contributed by atoms with Crippen LogP contribution >= 0.6 is 15.9 Å². The minimum absolute atomic E-state index is 0.0283. The second-order valence-electron chi connectivity index (χ2n) is 4.79. The van der Waals surface area contributed by atoms with Gasteiger partial charge in [0.1, 0.15) is 0 Å². The van der Waals surface area contributed by atoms with Crippen molar-refractivity contribution in [3.05, 3.63) is 34.3 Å². The Bertz CT molecular complexity index is 415. The Balaban J connectivity index is 1.81. The van der Waals surface area contributed by atoms with E-state index in [1.54, 1.807) is 0 Å². The molecule has 1 saturated heterocycles. The van der Waals surface area contributed by atoms with Gasteiger partial charge in [-0.15, -0.1) is 0 Å². The summed E-state index contributed by atoms with van der Waals surface area (Å²) in [6, 6.07) is 8.24. The maximum Gasteiger partial charge on any atom is 0.234 e. The zero-order valence-corrected chi connectivity index (χ0v) is 12.0. The molecule has 0 saturated carbocycles. The fourth-order valence-electron chi connectivity index (χ4n) is 2.06. The van der Waals surface area contributed by atoms with E-state index in [0.717, 1.165) is 23.1 Å². The molecule has 1 aromatic rings. The first-order chi connectivity index (χ1) is 8.54. The van der Waals surface area contributed by atoms with Crippen LogP contribution in [0.1, 0.15) is 18.5 Å². The highest BCUT2D eigenvalue weighted by Gasteiger charge is 2.25. The quantitative estimate of drug-likeness (QED) is 0.880. The van der Waals surface area contributed by atoms with Crippen molar-refractivity contribution in [1.82, 2.24) is 10.2 Å². The maximum absolute atomic E-state index is 11.8. The second kappa shape index (κ2) is 5.82. The lowest BCUT2D eigenvalue weighted by atomic mass is 10.1. The summed E-state index contributed by atoms with van der Waals surface area (Å²) in [6.45, 7) is 4.07. The van der Waals surface area contributed by atoms with Gasteiger partial charge in [-0.2, -0.15) is 0 Å². The molecular formula is C13H18BrN3O. The number of nitrogens with zero attached hydrogens (tertiary/aromatic N) is 1. The van der Waals surface area contributed by atoms with Crippen molar-refractivity contribution in [2.24, 2.45) is 5.73 Å². The minimum atomic E-state index is 0.0283. The molecule has 1 heterocycles. The van der Waals surface area contributed by atoms with Crippen molar-refractivity contribution in [2.75, 3.05) is 19.6 Å². The van der Waals surface area contributed by atoms with Crippen LogP contribution in [0.4, 0.5) is 0 Å². The molecule has 1 atom stereocenters. The zero-order chi connectivity index (χ0) is 13.1. The van der Waals surface area contributed by atoms with Gasteiger partial charge in [0.05, 0.1) is 12.6 Å². The van der Waals surface area contributed by atoms with Gasteiger partial charge in [0.25, 0.3) is 0 Å². The number of hydrogen-bond donors (Lipinski definition) is 2. The number of nitrogens with two attached hydrogens (primary N) is 1. The molecule has 3 N–H and O–H groups in total. The van der Waals surface area contributed by atoms with Gasteiger partial charge in [-0.05, 0) is 24.6 Å². The highest BCUT2D eigenvalue weighted by atomic mass is 79.9. The predicted molar refractivity (Wildman–Crippen MR) is 75.1 cm³/mol. The number of rotatable bonds is 4. The highest BCUT2D eigenvalue weighted by Crippen LogP contribution is 2.16. The van der Waals surface area contributed by atoms with E-state index in [9.17, 15) is 4.79 Å². The van der Waals surface area contributed by atoms with Gasteiger partial charge < -0.3 is 11.1 Å². The van der Waals surface area contributed by atoms with Crippen LogP contribution in [-0.4, -0.2) is 36.5 Å². The van der Waals surface area contributed by atoms with Crippen LogP contribution in [0.25, 0.3) is 0 Å². The largest absolute Gasteiger partial charge is 0.348 e. The number of carbonyl (C=O) groups excluding carboxylic acids is 1. The number of likely N-dealkylation sites (tertiary alicyclic amines) is 1. The third-order valence-electron chi connectivity index (χ3n) is 3.10. The van der Waals surface area contributed by atoms with E-state index in [2.05, 4.69) is 21.2 Å². The first-order valence-electron chi connectivity index (χ1n) is 6.07. The molecule has 18 heavy (non-hydrogen) atoms. The molecule has 1 unspecified atom stereocenters. The van der Waals surface area contributed by atoms with Crippen LogP contribution in [-0.2, 0) is 4.79 Å². The maximum atomic E-state index is 11.8. The van der Waals surface area contributed by atoms with Gasteiger partial charge in [-0.3, -0.25) is 9.69 Å². The third kappa shape index (κ3) is 3.54. The van der Waals surface area contributed by atoms with E-state index in [1.807, 2.05) is 36.1 Å². The number of hydrogen-bond acceptors (Lipinski definition) is 3. The van der Waals surface area contributed by atoms with E-state index in [0.29, 0.717) is 6.54 Å². The Morgan fingerprint density at radius 2 is 2.11 bits per heavy atom. The average molecular weight is 312 g/mol. The van der Waals surface area contributed by atoms with Crippen LogP contribution in [0.3, 0.4) is 0 Å². The van der Waals surface area contributed by atoms with Crippen molar-refractivity contribution in [2.45, 2.75) is 19.0 Å². The molecule has 98 valence electrons. The van der Waals surface area contributed by atoms with Crippen molar-refractivity contribution in [3.63, 3.8) is 0 Å². The predicted octanol–water partition coefficient (Wildman–Crippen LogP) is 1.27. The zero-order valence-electron chi connectivity index (χ0n) is 10.4. The molecule has 1 aromatic carbocycles. The molecule has 0 radical (unpaired) electrons. The van der Waals surface area contributed by atoms with Crippen LogP contribution in [0.2, 0.25) is 0 Å². The highest BCUT2D eigenvalue weighted by molar-refractivity contribution is 9.10. The van der Waals surface area contributed by atoms with E-state index in [-0.39, 0.29) is 18.0 Å². The summed E-state index contributed by atoms with van der Waals surface area (Å²) in [7, 11) is 0. The van der Waals surface area contributed by atoms with E-state index >= 15 is 0 Å². The molecule has 1 aliphatic rings. The molecule has 0 spiro atoms. The summed E-state index contributed by atoms with van der Waals surface area (Å²) >= 11 is 3.39. The van der Waals surface area contributed by atoms with Gasteiger partial charge in [0, 0.05) is 23.6 Å². The van der Waals surface area contributed by atoms with E-state index < -0.39 is 0 Å². The second-order valence-corrected chi connectivity index (χ2v) is 5.71. The molecular weight excluding hydrogens is 294 g/mol. The molecule has 2 rings (SSSR count). The van der Waals surface area contributed by atoms with E-state index in [1.165, 1.54) is 0 Å². The summed E-state index contributed by atoms with van der Waals surface area (Å²) in [5.41, 5.74) is 6.78. The number of halogens is 1. The molecule has 5 heteroatoms. The van der Waals surface area contributed by atoms with Crippen molar-refractivity contribution < 1.29 is 4.79 Å². The number of benzene rings is 1.